The van der Waals surface area contributed by atoms with Crippen molar-refractivity contribution < 1.29 is 4.79 Å². The highest BCUT2D eigenvalue weighted by molar-refractivity contribution is 6.00. The molecule has 19 heavy (non-hydrogen) atoms. The third-order valence-electron chi connectivity index (χ3n) is 3.19. The summed E-state index contributed by atoms with van der Waals surface area (Å²) in [5.41, 5.74) is 4.23. The van der Waals surface area contributed by atoms with E-state index in [9.17, 15) is 4.79 Å². The number of ketones is 1. The van der Waals surface area contributed by atoms with E-state index in [-0.39, 0.29) is 5.78 Å². The zero-order valence-electron chi connectivity index (χ0n) is 13.4. The number of carbonyl (C=O) groups excluding carboxylic acids is 1. The molecule has 0 aliphatic heterocycles. The molecule has 0 atom stereocenters. The average molecular weight is 263 g/mol. The zero-order valence-corrected chi connectivity index (χ0v) is 13.4. The van der Waals surface area contributed by atoms with E-state index in [2.05, 4.69) is 38.2 Å². The van der Waals surface area contributed by atoms with Gasteiger partial charge in [0.2, 0.25) is 0 Å². The van der Waals surface area contributed by atoms with Crippen molar-refractivity contribution in [1.29, 1.82) is 0 Å². The van der Waals surface area contributed by atoms with Crippen molar-refractivity contribution in [2.75, 3.05) is 7.05 Å². The zero-order chi connectivity index (χ0) is 14.8. The van der Waals surface area contributed by atoms with E-state index in [0.29, 0.717) is 6.42 Å². The van der Waals surface area contributed by atoms with Crippen molar-refractivity contribution in [2.45, 2.75) is 60.3 Å². The van der Waals surface area contributed by atoms with Crippen molar-refractivity contribution in [3.05, 3.63) is 34.6 Å². The van der Waals surface area contributed by atoms with Gasteiger partial charge in [0.25, 0.3) is 0 Å². The van der Waals surface area contributed by atoms with Gasteiger partial charge in [0.1, 0.15) is 0 Å². The maximum Gasteiger partial charge on any atom is 0.163 e. The molecule has 0 saturated carbocycles. The van der Waals surface area contributed by atoms with Gasteiger partial charge in [0.05, 0.1) is 0 Å². The minimum absolute atomic E-state index is 0.266. The van der Waals surface area contributed by atoms with Crippen molar-refractivity contribution in [2.24, 2.45) is 0 Å². The Labute approximate surface area is 118 Å². The van der Waals surface area contributed by atoms with Gasteiger partial charge >= 0.3 is 0 Å². The van der Waals surface area contributed by atoms with Crippen LogP contribution < -0.4 is 5.32 Å². The van der Waals surface area contributed by atoms with Crippen molar-refractivity contribution >= 4 is 5.78 Å². The molecule has 1 N–H and O–H groups in total. The number of hydrogen-bond acceptors (Lipinski definition) is 2. The van der Waals surface area contributed by atoms with E-state index in [1.165, 1.54) is 5.57 Å². The van der Waals surface area contributed by atoms with Crippen molar-refractivity contribution in [3.63, 3.8) is 0 Å². The molecule has 2 heteroatoms. The van der Waals surface area contributed by atoms with E-state index in [1.807, 2.05) is 20.9 Å². The van der Waals surface area contributed by atoms with Crippen molar-refractivity contribution in [1.82, 2.24) is 5.32 Å². The Kier molecular flexibility index (Phi) is 8.94. The van der Waals surface area contributed by atoms with Crippen LogP contribution in [0.2, 0.25) is 0 Å². The van der Waals surface area contributed by atoms with Gasteiger partial charge in [-0.1, -0.05) is 32.4 Å². The molecule has 0 bridgehead atoms. The fraction of sp³-hybridized carbons (Fsp3) is 0.588. The Morgan fingerprint density at radius 2 is 1.79 bits per heavy atom. The van der Waals surface area contributed by atoms with Gasteiger partial charge < -0.3 is 5.32 Å². The van der Waals surface area contributed by atoms with E-state index in [4.69, 9.17) is 0 Å². The lowest BCUT2D eigenvalue weighted by molar-refractivity contribution is -0.115. The lowest BCUT2D eigenvalue weighted by Gasteiger charge is -2.12. The first-order valence-corrected chi connectivity index (χ1v) is 7.31. The second-order valence-corrected chi connectivity index (χ2v) is 4.83. The maximum atomic E-state index is 12.3. The summed E-state index contributed by atoms with van der Waals surface area (Å²) in [7, 11) is 1.91. The minimum Gasteiger partial charge on any atom is -0.388 e. The van der Waals surface area contributed by atoms with Gasteiger partial charge in [-0.2, -0.15) is 0 Å². The molecule has 0 aromatic heterocycles. The Bertz CT molecular complexity index is 386. The molecule has 0 saturated heterocycles. The monoisotopic (exact) mass is 263 g/mol. The van der Waals surface area contributed by atoms with Gasteiger partial charge in [-0.15, -0.1) is 0 Å². The fourth-order valence-electron chi connectivity index (χ4n) is 2.08. The predicted octanol–water partition coefficient (Wildman–Crippen LogP) is 4.54. The van der Waals surface area contributed by atoms with Gasteiger partial charge in [0.15, 0.2) is 5.78 Å². The normalized spacial score (nSPS) is 14.2. The summed E-state index contributed by atoms with van der Waals surface area (Å²) in [5.74, 6) is 0.266. The van der Waals surface area contributed by atoms with Gasteiger partial charge in [-0.3, -0.25) is 4.79 Å². The largest absolute Gasteiger partial charge is 0.388 e. The van der Waals surface area contributed by atoms with Crippen LogP contribution >= 0.6 is 0 Å². The lowest BCUT2D eigenvalue weighted by Crippen LogP contribution is -2.09. The lowest BCUT2D eigenvalue weighted by atomic mass is 9.93. The quantitative estimate of drug-likeness (QED) is 0.514. The van der Waals surface area contributed by atoms with Crippen molar-refractivity contribution in [3.8, 4) is 0 Å². The molecule has 0 radical (unpaired) electrons. The van der Waals surface area contributed by atoms with Gasteiger partial charge in [-0.05, 0) is 44.8 Å². The number of hydrogen-bond donors (Lipinski definition) is 1. The summed E-state index contributed by atoms with van der Waals surface area (Å²) >= 11 is 0. The summed E-state index contributed by atoms with van der Waals surface area (Å²) < 4.78 is 0. The van der Waals surface area contributed by atoms with Crippen LogP contribution in [0.15, 0.2) is 34.6 Å². The van der Waals surface area contributed by atoms with Crippen LogP contribution in [0.5, 0.6) is 0 Å². The Morgan fingerprint density at radius 1 is 1.16 bits per heavy atom. The molecule has 0 aromatic rings. The van der Waals surface area contributed by atoms with Crippen LogP contribution in [0, 0.1) is 0 Å². The maximum absolute atomic E-state index is 12.3. The van der Waals surface area contributed by atoms with Gasteiger partial charge in [-0.25, -0.2) is 0 Å². The predicted molar refractivity (Wildman–Crippen MR) is 84.1 cm³/mol. The molecular formula is C17H29NO. The molecule has 0 heterocycles. The summed E-state index contributed by atoms with van der Waals surface area (Å²) in [4.78, 5) is 12.3. The number of allylic oxidation sites excluding steroid dienone is 5. The molecule has 0 unspecified atom stereocenters. The Hall–Kier alpha value is -1.31. The number of likely N-dealkylation sites (N-methyl/N-ethyl adjacent to an activating group) is 1. The third kappa shape index (κ3) is 5.91. The van der Waals surface area contributed by atoms with Crippen LogP contribution in [0.25, 0.3) is 0 Å². The second kappa shape index (κ2) is 9.60. The van der Waals surface area contributed by atoms with Crippen LogP contribution in [0.4, 0.5) is 0 Å². The van der Waals surface area contributed by atoms with Crippen LogP contribution in [-0.4, -0.2) is 12.8 Å². The smallest absolute Gasteiger partial charge is 0.163 e. The minimum atomic E-state index is 0.266. The third-order valence-corrected chi connectivity index (χ3v) is 3.19. The molecule has 0 amide bonds. The summed E-state index contributed by atoms with van der Waals surface area (Å²) in [6, 6.07) is 0. The SMILES string of the molecule is CC\C=C(/C=C(C)\C(C(=O)CCC)=C(\C)CC)NC. The molecule has 0 fully saturated rings. The molecule has 2 nitrogen and oxygen atoms in total. The Balaban J connectivity index is 5.46. The molecular weight excluding hydrogens is 234 g/mol. The highest BCUT2D eigenvalue weighted by Crippen LogP contribution is 2.21. The molecule has 108 valence electrons. The molecule has 0 rings (SSSR count). The summed E-state index contributed by atoms with van der Waals surface area (Å²) in [5, 5.41) is 3.17. The second-order valence-electron chi connectivity index (χ2n) is 4.83. The van der Waals surface area contributed by atoms with Gasteiger partial charge in [0, 0.05) is 24.7 Å². The van der Waals surface area contributed by atoms with Crippen LogP contribution in [-0.2, 0) is 4.79 Å². The summed E-state index contributed by atoms with van der Waals surface area (Å²) in [6.45, 7) is 10.3. The molecule has 0 aliphatic rings. The first-order chi connectivity index (χ1) is 9.01. The average Bonchev–Trinajstić information content (AvgIpc) is 2.38. The summed E-state index contributed by atoms with van der Waals surface area (Å²) in [6.07, 6.45) is 7.63. The van der Waals surface area contributed by atoms with E-state index >= 15 is 0 Å². The van der Waals surface area contributed by atoms with E-state index in [1.54, 1.807) is 0 Å². The first kappa shape index (κ1) is 17.7. The van der Waals surface area contributed by atoms with E-state index in [0.717, 1.165) is 36.1 Å². The Morgan fingerprint density at radius 3 is 2.21 bits per heavy atom. The van der Waals surface area contributed by atoms with Crippen LogP contribution in [0.3, 0.4) is 0 Å². The highest BCUT2D eigenvalue weighted by atomic mass is 16.1. The number of rotatable bonds is 8. The molecule has 0 spiro atoms. The standard InChI is InChI=1S/C17H29NO/c1-7-10-15(18-6)12-14(5)17(13(4)9-3)16(19)11-8-2/h10,12,18H,7-9,11H2,1-6H3/b14-12-,15-10+,17-13+. The molecule has 0 aromatic carbocycles. The van der Waals surface area contributed by atoms with Crippen LogP contribution in [0.1, 0.15) is 60.3 Å². The molecule has 0 aliphatic carbocycles. The first-order valence-electron chi connectivity index (χ1n) is 7.31. The van der Waals surface area contributed by atoms with E-state index < -0.39 is 0 Å². The highest BCUT2D eigenvalue weighted by Gasteiger charge is 2.13. The topological polar surface area (TPSA) is 29.1 Å². The number of Topliss-reactive ketones (excluding diaryl/α,β-unsaturated/α-hetero) is 1. The number of carbonyl (C=O) groups is 1. The number of nitrogens with one attached hydrogen (secondary N) is 1. The fourth-order valence-corrected chi connectivity index (χ4v) is 2.08.